The highest BCUT2D eigenvalue weighted by Crippen LogP contribution is 2.13. The average molecular weight is 165 g/mol. The minimum Gasteiger partial charge on any atom is -0.394 e. The molecule has 0 radical (unpaired) electrons. The van der Waals surface area contributed by atoms with Crippen LogP contribution in [0.2, 0.25) is 0 Å². The Balaban J connectivity index is 2.22. The number of nitrogens with zero attached hydrogens (tertiary/aromatic N) is 3. The van der Waals surface area contributed by atoms with E-state index in [0.717, 1.165) is 18.1 Å². The fraction of sp³-hybridized carbons (Fsp3) is 0.500. The van der Waals surface area contributed by atoms with Gasteiger partial charge >= 0.3 is 0 Å². The lowest BCUT2D eigenvalue weighted by Crippen LogP contribution is -2.29. The van der Waals surface area contributed by atoms with Gasteiger partial charge in [-0.15, -0.1) is 0 Å². The molecule has 0 aliphatic carbocycles. The van der Waals surface area contributed by atoms with Crippen LogP contribution in [0.3, 0.4) is 0 Å². The molecule has 0 saturated heterocycles. The molecule has 2 rings (SSSR count). The second-order valence-corrected chi connectivity index (χ2v) is 3.01. The van der Waals surface area contributed by atoms with Crippen LogP contribution in [0.25, 0.3) is 0 Å². The van der Waals surface area contributed by atoms with Crippen molar-refractivity contribution in [3.05, 3.63) is 11.8 Å². The summed E-state index contributed by atoms with van der Waals surface area (Å²) >= 11 is 0. The quantitative estimate of drug-likeness (QED) is 0.595. The maximum absolute atomic E-state index is 8.88. The van der Waals surface area contributed by atoms with Crippen molar-refractivity contribution in [2.75, 3.05) is 13.2 Å². The summed E-state index contributed by atoms with van der Waals surface area (Å²) in [6, 6.07) is 0.0219. The van der Waals surface area contributed by atoms with Gasteiger partial charge in [0.2, 0.25) is 0 Å². The van der Waals surface area contributed by atoms with E-state index in [1.54, 1.807) is 6.34 Å². The van der Waals surface area contributed by atoms with Crippen LogP contribution in [0, 0.1) is 0 Å². The normalized spacial score (nSPS) is 26.8. The Labute approximate surface area is 70.9 Å². The van der Waals surface area contributed by atoms with Crippen LogP contribution in [-0.2, 0) is 0 Å². The van der Waals surface area contributed by atoms with Gasteiger partial charge < -0.3 is 10.0 Å². The van der Waals surface area contributed by atoms with Gasteiger partial charge in [0.1, 0.15) is 5.84 Å². The van der Waals surface area contributed by atoms with Gasteiger partial charge in [-0.1, -0.05) is 0 Å². The van der Waals surface area contributed by atoms with E-state index in [9.17, 15) is 0 Å². The fourth-order valence-corrected chi connectivity index (χ4v) is 1.33. The number of allylic oxidation sites excluding steroid dienone is 1. The number of aliphatic hydroxyl groups excluding tert-OH is 1. The van der Waals surface area contributed by atoms with Crippen molar-refractivity contribution in [1.82, 2.24) is 4.90 Å². The van der Waals surface area contributed by atoms with Crippen LogP contribution >= 0.6 is 0 Å². The Morgan fingerprint density at radius 3 is 3.33 bits per heavy atom. The number of amidine groups is 1. The molecule has 0 fully saturated rings. The predicted octanol–water partition coefficient (Wildman–Crippen LogP) is 0.00710. The molecule has 4 nitrogen and oxygen atoms in total. The number of hydrogen-bond donors (Lipinski definition) is 1. The molecule has 2 heterocycles. The maximum atomic E-state index is 8.88. The summed E-state index contributed by atoms with van der Waals surface area (Å²) in [5, 5.41) is 8.88. The molecule has 12 heavy (non-hydrogen) atoms. The van der Waals surface area contributed by atoms with Gasteiger partial charge in [0.15, 0.2) is 0 Å². The van der Waals surface area contributed by atoms with Crippen LogP contribution in [0.4, 0.5) is 0 Å². The van der Waals surface area contributed by atoms with Gasteiger partial charge in [-0.05, 0) is 6.92 Å². The van der Waals surface area contributed by atoms with Crippen LogP contribution in [0.5, 0.6) is 0 Å². The third kappa shape index (κ3) is 1.14. The molecule has 1 N–H and O–H groups in total. The van der Waals surface area contributed by atoms with Crippen molar-refractivity contribution in [3.63, 3.8) is 0 Å². The molecule has 2 aliphatic heterocycles. The van der Waals surface area contributed by atoms with Gasteiger partial charge in [-0.2, -0.15) is 0 Å². The van der Waals surface area contributed by atoms with Gasteiger partial charge in [0, 0.05) is 11.8 Å². The van der Waals surface area contributed by atoms with E-state index in [-0.39, 0.29) is 12.6 Å². The van der Waals surface area contributed by atoms with E-state index < -0.39 is 0 Å². The summed E-state index contributed by atoms with van der Waals surface area (Å²) in [6.07, 6.45) is 3.69. The molecule has 4 heteroatoms. The van der Waals surface area contributed by atoms with Crippen molar-refractivity contribution in [2.45, 2.75) is 13.0 Å². The molecule has 0 saturated carbocycles. The zero-order valence-corrected chi connectivity index (χ0v) is 6.94. The first-order valence-corrected chi connectivity index (χ1v) is 3.97. The number of rotatable bonds is 1. The second-order valence-electron chi connectivity index (χ2n) is 3.01. The standard InChI is InChI=1S/C8H11N3O/c1-6-2-8-10-7(4-12)3-11(8)5-9-6/h2,5,7,12H,3-4H2,1H3. The minimum atomic E-state index is 0.0219. The Morgan fingerprint density at radius 2 is 2.58 bits per heavy atom. The summed E-state index contributed by atoms with van der Waals surface area (Å²) in [6.45, 7) is 2.79. The highest BCUT2D eigenvalue weighted by Gasteiger charge is 2.23. The molecule has 0 aromatic heterocycles. The molecule has 0 bridgehead atoms. The lowest BCUT2D eigenvalue weighted by atomic mass is 10.3. The molecular weight excluding hydrogens is 154 g/mol. The molecule has 0 aromatic rings. The number of fused-ring (bicyclic) bond motifs is 1. The molecule has 0 aromatic carbocycles. The smallest absolute Gasteiger partial charge is 0.130 e. The van der Waals surface area contributed by atoms with Crippen LogP contribution in [0.1, 0.15) is 6.92 Å². The summed E-state index contributed by atoms with van der Waals surface area (Å²) < 4.78 is 0. The fourth-order valence-electron chi connectivity index (χ4n) is 1.33. The molecule has 1 atom stereocenters. The number of hydrogen-bond acceptors (Lipinski definition) is 4. The largest absolute Gasteiger partial charge is 0.394 e. The predicted molar refractivity (Wildman–Crippen MR) is 47.3 cm³/mol. The lowest BCUT2D eigenvalue weighted by molar-refractivity contribution is 0.265. The Kier molecular flexibility index (Phi) is 1.69. The maximum Gasteiger partial charge on any atom is 0.130 e. The zero-order valence-electron chi connectivity index (χ0n) is 6.94. The summed E-state index contributed by atoms with van der Waals surface area (Å²) in [5.74, 6) is 0.918. The van der Waals surface area contributed by atoms with Gasteiger partial charge in [0.05, 0.1) is 25.5 Å². The first kappa shape index (κ1) is 7.49. The van der Waals surface area contributed by atoms with Crippen molar-refractivity contribution in [2.24, 2.45) is 9.98 Å². The Hall–Kier alpha value is -1.16. The van der Waals surface area contributed by atoms with E-state index in [4.69, 9.17) is 5.11 Å². The molecule has 0 spiro atoms. The van der Waals surface area contributed by atoms with E-state index in [1.165, 1.54) is 0 Å². The first-order valence-electron chi connectivity index (χ1n) is 3.97. The summed E-state index contributed by atoms with van der Waals surface area (Å²) in [4.78, 5) is 10.4. The van der Waals surface area contributed by atoms with Crippen molar-refractivity contribution in [1.29, 1.82) is 0 Å². The Morgan fingerprint density at radius 1 is 1.75 bits per heavy atom. The zero-order chi connectivity index (χ0) is 8.55. The highest BCUT2D eigenvalue weighted by molar-refractivity contribution is 6.03. The summed E-state index contributed by atoms with van der Waals surface area (Å²) in [7, 11) is 0. The topological polar surface area (TPSA) is 48.2 Å². The SMILES string of the molecule is CC1=CC2=NC(CO)CN2C=N1. The molecule has 1 unspecified atom stereocenters. The molecule has 2 aliphatic rings. The second kappa shape index (κ2) is 2.71. The molecular formula is C8H11N3O. The minimum absolute atomic E-state index is 0.0219. The average Bonchev–Trinajstić information content (AvgIpc) is 2.46. The van der Waals surface area contributed by atoms with Gasteiger partial charge in [-0.25, -0.2) is 4.99 Å². The van der Waals surface area contributed by atoms with E-state index in [2.05, 4.69) is 9.98 Å². The lowest BCUT2D eigenvalue weighted by Gasteiger charge is -2.15. The number of aliphatic hydroxyl groups is 1. The van der Waals surface area contributed by atoms with Gasteiger partial charge in [-0.3, -0.25) is 4.99 Å². The first-order chi connectivity index (χ1) is 5.79. The van der Waals surface area contributed by atoms with E-state index in [1.807, 2.05) is 17.9 Å². The summed E-state index contributed by atoms with van der Waals surface area (Å²) in [5.41, 5.74) is 0.962. The third-order valence-corrected chi connectivity index (χ3v) is 1.97. The van der Waals surface area contributed by atoms with Gasteiger partial charge in [0.25, 0.3) is 0 Å². The van der Waals surface area contributed by atoms with E-state index >= 15 is 0 Å². The highest BCUT2D eigenvalue weighted by atomic mass is 16.3. The van der Waals surface area contributed by atoms with E-state index in [0.29, 0.717) is 0 Å². The monoisotopic (exact) mass is 165 g/mol. The Bertz CT molecular complexity index is 280. The molecule has 64 valence electrons. The molecule has 0 amide bonds. The van der Waals surface area contributed by atoms with Crippen molar-refractivity contribution in [3.8, 4) is 0 Å². The van der Waals surface area contributed by atoms with Crippen molar-refractivity contribution < 1.29 is 5.11 Å². The van der Waals surface area contributed by atoms with Crippen LogP contribution < -0.4 is 0 Å². The van der Waals surface area contributed by atoms with Crippen molar-refractivity contribution >= 4 is 12.2 Å². The van der Waals surface area contributed by atoms with Crippen LogP contribution in [0.15, 0.2) is 21.8 Å². The number of aliphatic imine (C=N–C) groups is 2. The third-order valence-electron chi connectivity index (χ3n) is 1.97. The van der Waals surface area contributed by atoms with Crippen LogP contribution in [-0.4, -0.2) is 41.4 Å².